The van der Waals surface area contributed by atoms with Crippen molar-refractivity contribution in [1.29, 1.82) is 0 Å². The molecule has 0 bridgehead atoms. The van der Waals surface area contributed by atoms with Crippen molar-refractivity contribution >= 4 is 11.6 Å². The monoisotopic (exact) mass is 380 g/mol. The number of rotatable bonds is 7. The molecule has 1 N–H and O–H groups in total. The van der Waals surface area contributed by atoms with E-state index < -0.39 is 5.41 Å². The Bertz CT molecular complexity index is 760. The molecule has 1 saturated carbocycles. The largest absolute Gasteiger partial charge is 0.492 e. The number of benzene rings is 2. The molecule has 0 heterocycles. The van der Waals surface area contributed by atoms with Crippen LogP contribution < -0.4 is 10.1 Å². The third-order valence-electron chi connectivity index (χ3n) is 5.67. The quantitative estimate of drug-likeness (QED) is 0.752. The van der Waals surface area contributed by atoms with Crippen LogP contribution in [-0.4, -0.2) is 38.1 Å². The van der Waals surface area contributed by atoms with Crippen LogP contribution in [0.5, 0.6) is 5.75 Å². The summed E-state index contributed by atoms with van der Waals surface area (Å²) in [5, 5.41) is 3.16. The Morgan fingerprint density at radius 1 is 1.00 bits per heavy atom. The molecular formula is C24H32N2O2. The van der Waals surface area contributed by atoms with E-state index in [-0.39, 0.29) is 5.91 Å². The average molecular weight is 381 g/mol. The number of amides is 1. The molecule has 4 nitrogen and oxygen atoms in total. The Hall–Kier alpha value is -2.33. The van der Waals surface area contributed by atoms with Crippen LogP contribution >= 0.6 is 0 Å². The van der Waals surface area contributed by atoms with E-state index in [1.165, 1.54) is 12.0 Å². The van der Waals surface area contributed by atoms with Crippen molar-refractivity contribution in [3.05, 3.63) is 59.7 Å². The molecule has 2 aromatic rings. The number of carbonyl (C=O) groups excluding carboxylic acids is 1. The molecule has 3 rings (SSSR count). The van der Waals surface area contributed by atoms with Gasteiger partial charge in [0.1, 0.15) is 12.4 Å². The summed E-state index contributed by atoms with van der Waals surface area (Å²) in [5.41, 5.74) is 2.76. The molecule has 1 aliphatic carbocycles. The summed E-state index contributed by atoms with van der Waals surface area (Å²) in [6.45, 7) is 3.60. The van der Waals surface area contributed by atoms with Crippen LogP contribution in [0.4, 0.5) is 5.69 Å². The topological polar surface area (TPSA) is 41.6 Å². The molecule has 1 amide bonds. The average Bonchev–Trinajstić information content (AvgIpc) is 2.70. The first-order valence-corrected chi connectivity index (χ1v) is 10.3. The van der Waals surface area contributed by atoms with Crippen molar-refractivity contribution in [2.45, 2.75) is 44.4 Å². The first kappa shape index (κ1) is 20.4. The third-order valence-corrected chi connectivity index (χ3v) is 5.67. The van der Waals surface area contributed by atoms with Gasteiger partial charge < -0.3 is 15.0 Å². The maximum atomic E-state index is 13.4. The molecule has 0 atom stereocenters. The lowest BCUT2D eigenvalue weighted by atomic mass is 9.68. The number of anilines is 1. The van der Waals surface area contributed by atoms with Crippen LogP contribution in [0.25, 0.3) is 0 Å². The van der Waals surface area contributed by atoms with E-state index in [4.69, 9.17) is 4.74 Å². The molecular weight excluding hydrogens is 348 g/mol. The lowest BCUT2D eigenvalue weighted by molar-refractivity contribution is -0.122. The van der Waals surface area contributed by atoms with Crippen LogP contribution in [0.3, 0.4) is 0 Å². The van der Waals surface area contributed by atoms with Gasteiger partial charge in [0.2, 0.25) is 5.91 Å². The number of aryl methyl sites for hydroxylation is 1. The van der Waals surface area contributed by atoms with Gasteiger partial charge in [0.05, 0.1) is 5.41 Å². The predicted octanol–water partition coefficient (Wildman–Crippen LogP) is 4.78. The third kappa shape index (κ3) is 4.93. The molecule has 0 unspecified atom stereocenters. The maximum Gasteiger partial charge on any atom is 0.235 e. The Kier molecular flexibility index (Phi) is 6.74. The van der Waals surface area contributed by atoms with E-state index in [0.717, 1.165) is 49.2 Å². The number of ether oxygens (including phenoxy) is 1. The van der Waals surface area contributed by atoms with E-state index in [9.17, 15) is 4.79 Å². The van der Waals surface area contributed by atoms with Crippen molar-refractivity contribution in [3.8, 4) is 5.75 Å². The second-order valence-electron chi connectivity index (χ2n) is 8.14. The summed E-state index contributed by atoms with van der Waals surface area (Å²) in [4.78, 5) is 15.4. The highest BCUT2D eigenvalue weighted by atomic mass is 16.5. The van der Waals surface area contributed by atoms with E-state index in [2.05, 4.69) is 41.4 Å². The van der Waals surface area contributed by atoms with Gasteiger partial charge in [0.25, 0.3) is 0 Å². The van der Waals surface area contributed by atoms with Gasteiger partial charge in [0.15, 0.2) is 0 Å². The van der Waals surface area contributed by atoms with Gasteiger partial charge in [-0.1, -0.05) is 49.1 Å². The first-order valence-electron chi connectivity index (χ1n) is 10.3. The van der Waals surface area contributed by atoms with Crippen LogP contribution in [-0.2, 0) is 10.2 Å². The highest BCUT2D eigenvalue weighted by Gasteiger charge is 2.41. The van der Waals surface area contributed by atoms with Gasteiger partial charge in [0, 0.05) is 12.2 Å². The van der Waals surface area contributed by atoms with Gasteiger partial charge in [-0.25, -0.2) is 0 Å². The maximum absolute atomic E-state index is 13.4. The SMILES string of the molecule is Cc1ccc(C2(C(=O)Nc3ccc(OCCN(C)C)cc3)CCCCC2)cc1. The Balaban J connectivity index is 1.71. The van der Waals surface area contributed by atoms with Crippen LogP contribution in [0.2, 0.25) is 0 Å². The molecule has 1 fully saturated rings. The standard InChI is InChI=1S/C24H32N2O2/c1-19-7-9-20(10-8-19)24(15-5-4-6-16-24)23(27)25-21-11-13-22(14-12-21)28-18-17-26(2)3/h7-14H,4-6,15-18H2,1-3H3,(H,25,27). The minimum absolute atomic E-state index is 0.109. The van der Waals surface area contributed by atoms with E-state index in [0.29, 0.717) is 6.61 Å². The van der Waals surface area contributed by atoms with Crippen molar-refractivity contribution in [2.24, 2.45) is 0 Å². The molecule has 28 heavy (non-hydrogen) atoms. The van der Waals surface area contributed by atoms with Gasteiger partial charge in [-0.2, -0.15) is 0 Å². The van der Waals surface area contributed by atoms with E-state index >= 15 is 0 Å². The molecule has 1 aliphatic rings. The van der Waals surface area contributed by atoms with E-state index in [1.54, 1.807) is 0 Å². The number of nitrogens with one attached hydrogen (secondary N) is 1. The molecule has 0 spiro atoms. The van der Waals surface area contributed by atoms with Gasteiger partial charge in [-0.3, -0.25) is 4.79 Å². The second-order valence-corrected chi connectivity index (χ2v) is 8.14. The summed E-state index contributed by atoms with van der Waals surface area (Å²) in [6, 6.07) is 16.2. The highest BCUT2D eigenvalue weighted by molar-refractivity contribution is 5.99. The molecule has 150 valence electrons. The van der Waals surface area contributed by atoms with Gasteiger partial charge in [-0.15, -0.1) is 0 Å². The Labute approximate surface area is 168 Å². The van der Waals surface area contributed by atoms with Crippen molar-refractivity contribution in [3.63, 3.8) is 0 Å². The number of nitrogens with zero attached hydrogens (tertiary/aromatic N) is 1. The highest BCUT2D eigenvalue weighted by Crippen LogP contribution is 2.40. The van der Waals surface area contributed by atoms with Crippen molar-refractivity contribution in [1.82, 2.24) is 4.90 Å². The smallest absolute Gasteiger partial charge is 0.235 e. The summed E-state index contributed by atoms with van der Waals surface area (Å²) in [6.07, 6.45) is 5.22. The molecule has 0 saturated heterocycles. The molecule has 2 aromatic carbocycles. The summed E-state index contributed by atoms with van der Waals surface area (Å²) >= 11 is 0. The Morgan fingerprint density at radius 2 is 1.64 bits per heavy atom. The minimum Gasteiger partial charge on any atom is -0.492 e. The number of hydrogen-bond acceptors (Lipinski definition) is 3. The normalized spacial score (nSPS) is 16.0. The number of hydrogen-bond donors (Lipinski definition) is 1. The van der Waals surface area contributed by atoms with Crippen LogP contribution in [0.15, 0.2) is 48.5 Å². The zero-order valence-corrected chi connectivity index (χ0v) is 17.3. The lowest BCUT2D eigenvalue weighted by Gasteiger charge is -2.36. The van der Waals surface area contributed by atoms with E-state index in [1.807, 2.05) is 38.4 Å². The number of likely N-dealkylation sites (N-methyl/N-ethyl adjacent to an activating group) is 1. The summed E-state index contributed by atoms with van der Waals surface area (Å²) < 4.78 is 5.74. The lowest BCUT2D eigenvalue weighted by Crippen LogP contribution is -2.42. The van der Waals surface area contributed by atoms with Crippen molar-refractivity contribution < 1.29 is 9.53 Å². The van der Waals surface area contributed by atoms with Crippen LogP contribution in [0.1, 0.15) is 43.2 Å². The van der Waals surface area contributed by atoms with Crippen molar-refractivity contribution in [2.75, 3.05) is 32.6 Å². The summed E-state index contributed by atoms with van der Waals surface area (Å²) in [5.74, 6) is 0.933. The first-order chi connectivity index (χ1) is 13.5. The Morgan fingerprint density at radius 3 is 2.25 bits per heavy atom. The predicted molar refractivity (Wildman–Crippen MR) is 115 cm³/mol. The minimum atomic E-state index is -0.424. The summed E-state index contributed by atoms with van der Waals surface area (Å²) in [7, 11) is 4.05. The zero-order valence-electron chi connectivity index (χ0n) is 17.3. The molecule has 4 heteroatoms. The fourth-order valence-electron chi connectivity index (χ4n) is 3.91. The van der Waals surface area contributed by atoms with Crippen LogP contribution in [0, 0.1) is 6.92 Å². The number of carbonyl (C=O) groups is 1. The van der Waals surface area contributed by atoms with Gasteiger partial charge in [-0.05, 0) is 63.7 Å². The molecule has 0 aliphatic heterocycles. The van der Waals surface area contributed by atoms with Gasteiger partial charge >= 0.3 is 0 Å². The molecule has 0 radical (unpaired) electrons. The fraction of sp³-hybridized carbons (Fsp3) is 0.458. The molecule has 0 aromatic heterocycles. The zero-order chi connectivity index (χ0) is 20.0. The fourth-order valence-corrected chi connectivity index (χ4v) is 3.91. The second kappa shape index (κ2) is 9.24.